The molecule has 0 aliphatic carbocycles. The number of nitrogens with one attached hydrogen (secondary N) is 1. The van der Waals surface area contributed by atoms with E-state index in [-0.39, 0.29) is 17.5 Å². The van der Waals surface area contributed by atoms with Crippen LogP contribution in [0.25, 0.3) is 0 Å². The molecule has 1 aromatic heterocycles. The molecule has 1 aromatic carbocycles. The summed E-state index contributed by atoms with van der Waals surface area (Å²) < 4.78 is 42.1. The Bertz CT molecular complexity index is 666. The molecule has 0 saturated carbocycles. The van der Waals surface area contributed by atoms with Gasteiger partial charge in [0.1, 0.15) is 5.82 Å². The molecule has 112 valence electrons. The number of alkyl halides is 3. The van der Waals surface area contributed by atoms with Crippen LogP contribution in [0.3, 0.4) is 0 Å². The van der Waals surface area contributed by atoms with Gasteiger partial charge in [-0.1, -0.05) is 15.9 Å². The minimum absolute atomic E-state index is 0.0175. The van der Waals surface area contributed by atoms with Gasteiger partial charge in [-0.2, -0.15) is 4.98 Å². The van der Waals surface area contributed by atoms with Crippen LogP contribution in [-0.4, -0.2) is 16.3 Å². The molecule has 2 aromatic rings. The molecule has 0 unspecified atom stereocenters. The van der Waals surface area contributed by atoms with Crippen LogP contribution in [-0.2, 0) is 0 Å². The number of nitrogen functional groups attached to an aromatic ring is 1. The molecular weight excluding hydrogens is 421 g/mol. The maximum atomic E-state index is 12.4. The van der Waals surface area contributed by atoms with E-state index in [1.807, 2.05) is 0 Å². The lowest BCUT2D eigenvalue weighted by molar-refractivity contribution is -0.274. The Labute approximate surface area is 134 Å². The number of rotatable bonds is 3. The summed E-state index contributed by atoms with van der Waals surface area (Å²) in [6, 6.07) is 4.16. The van der Waals surface area contributed by atoms with Crippen LogP contribution in [0.4, 0.5) is 30.6 Å². The van der Waals surface area contributed by atoms with Gasteiger partial charge in [-0.05, 0) is 34.1 Å². The summed E-state index contributed by atoms with van der Waals surface area (Å²) in [5, 5.41) is 2.71. The van der Waals surface area contributed by atoms with Gasteiger partial charge in [0, 0.05) is 10.7 Å². The highest BCUT2D eigenvalue weighted by molar-refractivity contribution is 9.10. The molecule has 0 amide bonds. The molecule has 3 N–H and O–H groups in total. The van der Waals surface area contributed by atoms with Crippen molar-refractivity contribution in [3.05, 3.63) is 33.3 Å². The van der Waals surface area contributed by atoms with Crippen LogP contribution in [0.15, 0.2) is 33.3 Å². The molecular formula is C11H7Br2F3N4O. The third-order valence-corrected chi connectivity index (χ3v) is 3.26. The zero-order valence-electron chi connectivity index (χ0n) is 10.1. The van der Waals surface area contributed by atoms with Crippen LogP contribution in [0, 0.1) is 0 Å². The Kier molecular flexibility index (Phi) is 4.57. The number of ether oxygens (including phenoxy) is 1. The fourth-order valence-corrected chi connectivity index (χ4v) is 2.03. The van der Waals surface area contributed by atoms with E-state index in [4.69, 9.17) is 5.73 Å². The molecule has 0 bridgehead atoms. The van der Waals surface area contributed by atoms with Gasteiger partial charge in [-0.15, -0.1) is 13.2 Å². The summed E-state index contributed by atoms with van der Waals surface area (Å²) in [5.74, 6) is -0.200. The van der Waals surface area contributed by atoms with Crippen LogP contribution >= 0.6 is 31.9 Å². The van der Waals surface area contributed by atoms with Crippen LogP contribution in [0.5, 0.6) is 5.75 Å². The molecule has 5 nitrogen and oxygen atoms in total. The van der Waals surface area contributed by atoms with Gasteiger partial charge in [0.05, 0.1) is 10.2 Å². The first-order valence-corrected chi connectivity index (χ1v) is 6.93. The molecule has 1 heterocycles. The topological polar surface area (TPSA) is 73.1 Å². The van der Waals surface area contributed by atoms with E-state index in [1.54, 1.807) is 6.07 Å². The number of anilines is 3. The number of hydrogen-bond acceptors (Lipinski definition) is 5. The highest BCUT2D eigenvalue weighted by Gasteiger charge is 2.32. The molecule has 2 rings (SSSR count). The molecule has 0 fully saturated rings. The van der Waals surface area contributed by atoms with Gasteiger partial charge < -0.3 is 15.8 Å². The fraction of sp³-hybridized carbons (Fsp3) is 0.0909. The third-order valence-electron chi connectivity index (χ3n) is 2.19. The number of halogens is 5. The Morgan fingerprint density at radius 1 is 1.24 bits per heavy atom. The summed E-state index contributed by atoms with van der Waals surface area (Å²) in [4.78, 5) is 7.63. The number of benzene rings is 1. The molecule has 0 aliphatic rings. The van der Waals surface area contributed by atoms with Crippen LogP contribution < -0.4 is 15.8 Å². The van der Waals surface area contributed by atoms with E-state index in [0.29, 0.717) is 8.95 Å². The first kappa shape index (κ1) is 15.8. The summed E-state index contributed by atoms with van der Waals surface area (Å²) >= 11 is 6.26. The minimum atomic E-state index is -4.81. The summed E-state index contributed by atoms with van der Waals surface area (Å²) in [5.41, 5.74) is 5.52. The third kappa shape index (κ3) is 4.46. The minimum Gasteiger partial charge on any atom is -0.404 e. The van der Waals surface area contributed by atoms with Gasteiger partial charge in [-0.25, -0.2) is 4.98 Å². The van der Waals surface area contributed by atoms with Crippen LogP contribution in [0.1, 0.15) is 0 Å². The Morgan fingerprint density at radius 2 is 1.95 bits per heavy atom. The molecule has 0 atom stereocenters. The second kappa shape index (κ2) is 6.06. The van der Waals surface area contributed by atoms with E-state index in [1.165, 1.54) is 18.3 Å². The normalized spacial score (nSPS) is 11.3. The largest absolute Gasteiger partial charge is 0.573 e. The smallest absolute Gasteiger partial charge is 0.404 e. The predicted octanol–water partition coefficient (Wildman–Crippen LogP) is 4.23. The van der Waals surface area contributed by atoms with E-state index >= 15 is 0 Å². The lowest BCUT2D eigenvalue weighted by atomic mass is 10.3. The average Bonchev–Trinajstić information content (AvgIpc) is 2.35. The predicted molar refractivity (Wildman–Crippen MR) is 78.3 cm³/mol. The average molecular weight is 428 g/mol. The first-order chi connectivity index (χ1) is 9.74. The van der Waals surface area contributed by atoms with Gasteiger partial charge in [0.15, 0.2) is 5.75 Å². The van der Waals surface area contributed by atoms with Crippen molar-refractivity contribution in [1.29, 1.82) is 0 Å². The molecule has 0 aliphatic heterocycles. The van der Waals surface area contributed by atoms with E-state index < -0.39 is 12.1 Å². The van der Waals surface area contributed by atoms with Crippen molar-refractivity contribution in [2.75, 3.05) is 11.1 Å². The monoisotopic (exact) mass is 426 g/mol. The lowest BCUT2D eigenvalue weighted by Gasteiger charge is -2.15. The Balaban J connectivity index is 2.37. The van der Waals surface area contributed by atoms with Crippen molar-refractivity contribution in [3.63, 3.8) is 0 Å². The van der Waals surface area contributed by atoms with Crippen molar-refractivity contribution < 1.29 is 17.9 Å². The fourth-order valence-electron chi connectivity index (χ4n) is 1.40. The summed E-state index contributed by atoms with van der Waals surface area (Å²) in [6.45, 7) is 0. The summed E-state index contributed by atoms with van der Waals surface area (Å²) in [6.07, 6.45) is -3.42. The molecule has 0 radical (unpaired) electrons. The number of nitrogens with zero attached hydrogens (tertiary/aromatic N) is 2. The number of hydrogen-bond donors (Lipinski definition) is 2. The highest BCUT2D eigenvalue weighted by Crippen LogP contribution is 2.35. The van der Waals surface area contributed by atoms with Crippen molar-refractivity contribution >= 4 is 49.3 Å². The Hall–Kier alpha value is -1.55. The van der Waals surface area contributed by atoms with Crippen molar-refractivity contribution in [3.8, 4) is 5.75 Å². The van der Waals surface area contributed by atoms with Gasteiger partial charge >= 0.3 is 6.36 Å². The van der Waals surface area contributed by atoms with E-state index in [2.05, 4.69) is 51.9 Å². The van der Waals surface area contributed by atoms with Crippen molar-refractivity contribution in [2.24, 2.45) is 0 Å². The zero-order valence-corrected chi connectivity index (χ0v) is 13.3. The maximum absolute atomic E-state index is 12.4. The zero-order chi connectivity index (χ0) is 15.6. The number of aromatic nitrogens is 2. The maximum Gasteiger partial charge on any atom is 0.573 e. The first-order valence-electron chi connectivity index (χ1n) is 5.35. The lowest BCUT2D eigenvalue weighted by Crippen LogP contribution is -2.18. The standard InChI is InChI=1S/C11H7Br2F3N4O/c12-5-1-2-7(8(3-5)21-11(14,15)16)19-9-6(13)4-18-10(17)20-9/h1-4H,(H3,17,18,19,20). The molecule has 21 heavy (non-hydrogen) atoms. The Morgan fingerprint density at radius 3 is 2.62 bits per heavy atom. The van der Waals surface area contributed by atoms with Gasteiger partial charge in [-0.3, -0.25) is 0 Å². The van der Waals surface area contributed by atoms with Crippen molar-refractivity contribution in [1.82, 2.24) is 9.97 Å². The van der Waals surface area contributed by atoms with Crippen LogP contribution in [0.2, 0.25) is 0 Å². The van der Waals surface area contributed by atoms with Crippen molar-refractivity contribution in [2.45, 2.75) is 6.36 Å². The van der Waals surface area contributed by atoms with E-state index in [0.717, 1.165) is 0 Å². The molecule has 0 saturated heterocycles. The number of nitrogens with two attached hydrogens (primary N) is 1. The second-order valence-electron chi connectivity index (χ2n) is 3.74. The highest BCUT2D eigenvalue weighted by atomic mass is 79.9. The SMILES string of the molecule is Nc1ncc(Br)c(Nc2ccc(Br)cc2OC(F)(F)F)n1. The summed E-state index contributed by atoms with van der Waals surface area (Å²) in [7, 11) is 0. The van der Waals surface area contributed by atoms with Gasteiger partial charge in [0.25, 0.3) is 0 Å². The van der Waals surface area contributed by atoms with Gasteiger partial charge in [0.2, 0.25) is 5.95 Å². The second-order valence-corrected chi connectivity index (χ2v) is 5.51. The molecule has 0 spiro atoms. The molecule has 10 heteroatoms. The quantitative estimate of drug-likeness (QED) is 0.766. The van der Waals surface area contributed by atoms with E-state index in [9.17, 15) is 13.2 Å².